The molecule has 10 aromatic rings. The second kappa shape index (κ2) is 31.5. The maximum atomic E-state index is 12.6. The molecule has 0 aromatic heterocycles. The lowest BCUT2D eigenvalue weighted by atomic mass is 9.96. The van der Waals surface area contributed by atoms with Crippen molar-refractivity contribution in [3.63, 3.8) is 0 Å². The molecular formula is C81H82N16O6S2. The van der Waals surface area contributed by atoms with Crippen molar-refractivity contribution in [1.29, 1.82) is 0 Å². The van der Waals surface area contributed by atoms with Crippen LogP contribution in [0.2, 0.25) is 0 Å². The average Bonchev–Trinajstić information content (AvgIpc) is 1.75. The van der Waals surface area contributed by atoms with Gasteiger partial charge in [-0.15, -0.1) is 30.7 Å². The van der Waals surface area contributed by atoms with E-state index in [1.807, 2.05) is 187 Å². The summed E-state index contributed by atoms with van der Waals surface area (Å²) in [5, 5.41) is 72.1. The average molecular weight is 1440 g/mol. The fraction of sp³-hybridized carbons (Fsp3) is 0.309. The molecule has 105 heavy (non-hydrogen) atoms. The van der Waals surface area contributed by atoms with Gasteiger partial charge in [-0.3, -0.25) is 9.59 Å². The van der Waals surface area contributed by atoms with Crippen molar-refractivity contribution < 1.29 is 28.7 Å². The molecule has 6 aliphatic heterocycles. The molecule has 0 radical (unpaired) electrons. The number of esters is 2. The first-order chi connectivity index (χ1) is 51.3. The molecule has 4 amide bonds. The number of benzene rings is 10. The number of nitrogens with zero attached hydrogens (tertiary/aromatic N) is 8. The summed E-state index contributed by atoms with van der Waals surface area (Å²) in [7, 11) is 0. The zero-order valence-corrected chi connectivity index (χ0v) is 60.0. The van der Waals surface area contributed by atoms with Crippen LogP contribution in [0.5, 0.6) is 0 Å². The van der Waals surface area contributed by atoms with Crippen LogP contribution in [0, 0.1) is 0 Å². The first kappa shape index (κ1) is 69.7. The SMILES string of the molecule is CC1(CCCOC(=O)CCCC[C@H]2SC[C@H]3NC(=O)N[C@H]32)Nc2cccc3c(N=Nc4ccc(N=Nc5ccccc5)c5ccccc45)ccc(c23)N1.CC1(CCOC(=O)CCCC[C@H]2SC[C@H]3NC(=O)N[C@H]32)Nc2cccc3c(N=Nc4ccc(N=Nc5ccccc5)c5ccccc45)ccc(c23)N1. The van der Waals surface area contributed by atoms with Gasteiger partial charge >= 0.3 is 24.0 Å². The Morgan fingerprint density at radius 1 is 0.381 bits per heavy atom. The van der Waals surface area contributed by atoms with Crippen molar-refractivity contribution in [3.8, 4) is 0 Å². The lowest BCUT2D eigenvalue weighted by Gasteiger charge is -2.39. The second-order valence-electron chi connectivity index (χ2n) is 27.7. The molecule has 10 aromatic carbocycles. The van der Waals surface area contributed by atoms with Crippen LogP contribution in [-0.4, -0.2) is 94.7 Å². The third-order valence-electron chi connectivity index (χ3n) is 20.1. The van der Waals surface area contributed by atoms with Crippen molar-refractivity contribution >= 4 is 159 Å². The first-order valence-electron chi connectivity index (χ1n) is 36.1. The monoisotopic (exact) mass is 1440 g/mol. The highest BCUT2D eigenvalue weighted by Gasteiger charge is 2.44. The Hall–Kier alpha value is -11.0. The predicted molar refractivity (Wildman–Crippen MR) is 420 cm³/mol. The minimum Gasteiger partial charge on any atom is -0.466 e. The number of thioether (sulfide) groups is 2. The molecule has 0 spiro atoms. The maximum Gasteiger partial charge on any atom is 0.315 e. The summed E-state index contributed by atoms with van der Waals surface area (Å²) >= 11 is 3.80. The van der Waals surface area contributed by atoms with E-state index in [4.69, 9.17) is 29.9 Å². The number of anilines is 4. The number of nitrogens with one attached hydrogen (secondary N) is 8. The van der Waals surface area contributed by atoms with Crippen molar-refractivity contribution in [3.05, 3.63) is 194 Å². The summed E-state index contributed by atoms with van der Waals surface area (Å²) in [6.45, 7) is 4.88. The molecule has 8 N–H and O–H groups in total. The van der Waals surface area contributed by atoms with Gasteiger partial charge < -0.3 is 52.0 Å². The molecular weight excluding hydrogens is 1360 g/mol. The Kier molecular flexibility index (Phi) is 20.9. The number of unbranched alkanes of at least 4 members (excludes halogenated alkanes) is 2. The minimum absolute atomic E-state index is 0.0630. The fourth-order valence-electron chi connectivity index (χ4n) is 14.8. The van der Waals surface area contributed by atoms with E-state index in [2.05, 4.69) is 107 Å². The highest BCUT2D eigenvalue weighted by atomic mass is 32.2. The van der Waals surface area contributed by atoms with Crippen molar-refractivity contribution in [2.75, 3.05) is 46.0 Å². The number of carbonyl (C=O) groups is 4. The van der Waals surface area contributed by atoms with Gasteiger partial charge in [0.05, 0.1) is 82.9 Å². The number of azo groups is 4. The molecule has 16 rings (SSSR count). The van der Waals surface area contributed by atoms with Crippen LogP contribution in [0.15, 0.2) is 235 Å². The van der Waals surface area contributed by atoms with Crippen molar-refractivity contribution in [2.45, 2.75) is 130 Å². The van der Waals surface area contributed by atoms with Gasteiger partial charge in [-0.2, -0.15) is 33.8 Å². The smallest absolute Gasteiger partial charge is 0.315 e. The number of fused-ring (bicyclic) bond motifs is 4. The van der Waals surface area contributed by atoms with Gasteiger partial charge in [-0.1, -0.05) is 122 Å². The van der Waals surface area contributed by atoms with Gasteiger partial charge in [0.2, 0.25) is 0 Å². The van der Waals surface area contributed by atoms with Crippen LogP contribution in [-0.2, 0) is 19.1 Å². The van der Waals surface area contributed by atoms with Crippen LogP contribution < -0.4 is 42.5 Å². The van der Waals surface area contributed by atoms with Crippen LogP contribution in [0.3, 0.4) is 0 Å². The van der Waals surface area contributed by atoms with Gasteiger partial charge in [0.25, 0.3) is 0 Å². The number of ether oxygens (including phenoxy) is 2. The summed E-state index contributed by atoms with van der Waals surface area (Å²) in [4.78, 5) is 48.3. The first-order valence-corrected chi connectivity index (χ1v) is 38.2. The van der Waals surface area contributed by atoms with Crippen molar-refractivity contribution in [2.24, 2.45) is 40.9 Å². The molecule has 4 fully saturated rings. The highest BCUT2D eigenvalue weighted by Crippen LogP contribution is 2.47. The van der Waals surface area contributed by atoms with E-state index in [1.165, 1.54) is 0 Å². The van der Waals surface area contributed by atoms with E-state index in [0.29, 0.717) is 49.4 Å². The largest absolute Gasteiger partial charge is 0.466 e. The highest BCUT2D eigenvalue weighted by molar-refractivity contribution is 8.00. The van der Waals surface area contributed by atoms with E-state index in [0.717, 1.165) is 168 Å². The van der Waals surface area contributed by atoms with E-state index >= 15 is 0 Å². The Balaban J connectivity index is 0.000000169. The lowest BCUT2D eigenvalue weighted by molar-refractivity contribution is -0.145. The Morgan fingerprint density at radius 2 is 0.733 bits per heavy atom. The predicted octanol–water partition coefficient (Wildman–Crippen LogP) is 20.5. The molecule has 8 atom stereocenters. The lowest BCUT2D eigenvalue weighted by Crippen LogP contribution is -2.46. The van der Waals surface area contributed by atoms with E-state index < -0.39 is 11.3 Å². The number of hydrogen-bond donors (Lipinski definition) is 8. The molecule has 4 saturated heterocycles. The quantitative estimate of drug-likeness (QED) is 0.0115. The number of rotatable bonds is 25. The number of amides is 4. The van der Waals surface area contributed by atoms with Crippen LogP contribution in [0.4, 0.5) is 77.8 Å². The Labute approximate surface area is 616 Å². The minimum atomic E-state index is -0.515. The molecule has 0 aliphatic carbocycles. The van der Waals surface area contributed by atoms with E-state index in [1.54, 1.807) is 0 Å². The third kappa shape index (κ3) is 16.2. The zero-order chi connectivity index (χ0) is 71.7. The molecule has 24 heteroatoms. The van der Waals surface area contributed by atoms with Crippen LogP contribution >= 0.6 is 23.5 Å². The molecule has 534 valence electrons. The van der Waals surface area contributed by atoms with Crippen LogP contribution in [0.1, 0.15) is 84.5 Å². The van der Waals surface area contributed by atoms with Crippen LogP contribution in [0.25, 0.3) is 43.1 Å². The Morgan fingerprint density at radius 3 is 1.16 bits per heavy atom. The summed E-state index contributed by atoms with van der Waals surface area (Å²) in [5.41, 5.74) is 9.23. The summed E-state index contributed by atoms with van der Waals surface area (Å²) in [5.74, 6) is 1.57. The summed E-state index contributed by atoms with van der Waals surface area (Å²) in [6.07, 6.45) is 8.28. The molecule has 2 unspecified atom stereocenters. The van der Waals surface area contributed by atoms with Gasteiger partial charge in [0.15, 0.2) is 0 Å². The van der Waals surface area contributed by atoms with Gasteiger partial charge in [-0.25, -0.2) is 9.59 Å². The third-order valence-corrected chi connectivity index (χ3v) is 23.1. The van der Waals surface area contributed by atoms with Crippen molar-refractivity contribution in [1.82, 2.24) is 21.3 Å². The second-order valence-corrected chi connectivity index (χ2v) is 30.2. The van der Waals surface area contributed by atoms with Gasteiger partial charge in [-0.05, 0) is 137 Å². The zero-order valence-electron chi connectivity index (χ0n) is 58.4. The Bertz CT molecular complexity index is 5000. The fourth-order valence-corrected chi connectivity index (χ4v) is 17.9. The summed E-state index contributed by atoms with van der Waals surface area (Å²) < 4.78 is 11.3. The molecule has 6 aliphatic rings. The van der Waals surface area contributed by atoms with E-state index in [-0.39, 0.29) is 48.2 Å². The number of hydrogen-bond acceptors (Lipinski definition) is 20. The standard InChI is InChI=1S/C41H42N8O3S.C40H40N8O3S/c1-41(23-10-24-52-37(50)18-8-7-17-36-39-35(25-53-36)42-40(51)43-39)44-33-16-9-15-29-32(21-22-34(45-41)38(29)33)49-48-31-20-19-30(27-13-5-6-14-28(27)31)47-46-26-11-3-2-4-12-26;1-40(22-23-51-36(49)17-8-7-16-35-38-34(24-52-35)41-39(50)42-38)43-32-15-9-14-28-31(20-21-33(44-40)37(28)32)48-47-30-19-18-29(26-12-5-6-13-27(26)30)46-45-25-10-3-2-4-11-25/h2-6,9,11-16,19-22,35-36,39,44-45H,7-8,10,17-18,23-25H2,1H3,(H2,42,43,51);2-6,9-15,18-21,34-35,38,43-44H,7-8,16-17,22-24H2,1H3,(H2,41,42,50)/t35-,36-,39-,41?;34-,35-,38-,40?/m11/s1. The molecule has 0 saturated carbocycles. The molecule has 0 bridgehead atoms. The maximum absolute atomic E-state index is 12.6. The normalized spacial score (nSPS) is 21.8. The number of carbonyl (C=O) groups excluding carboxylic acids is 4. The summed E-state index contributed by atoms with van der Waals surface area (Å²) in [6, 6.07) is 64.3. The van der Waals surface area contributed by atoms with Gasteiger partial charge in [0.1, 0.15) is 11.3 Å². The van der Waals surface area contributed by atoms with E-state index in [9.17, 15) is 19.2 Å². The topological polar surface area (TPSA) is 282 Å². The molecule has 22 nitrogen and oxygen atoms in total. The number of urea groups is 2. The molecule has 6 heterocycles. The van der Waals surface area contributed by atoms with Gasteiger partial charge in [0, 0.05) is 107 Å².